The molecule has 10 heteroatoms. The van der Waals surface area contributed by atoms with Gasteiger partial charge in [0.1, 0.15) is 19.6 Å². The number of carbonyl (C=O) groups excluding carboxylic acids is 1. The van der Waals surface area contributed by atoms with Crippen LogP contribution in [0.15, 0.2) is 18.2 Å². The molecule has 2 N–H and O–H groups in total. The highest BCUT2D eigenvalue weighted by atomic mass is 32.2. The molecule has 0 atom stereocenters. The Balaban J connectivity index is 1.87. The molecule has 0 saturated carbocycles. The number of morpholine rings is 1. The zero-order valence-electron chi connectivity index (χ0n) is 14.6. The number of nitrogens with one attached hydrogen (secondary N) is 2. The van der Waals surface area contributed by atoms with Gasteiger partial charge in [-0.3, -0.25) is 9.10 Å². The molecular formula is C16H24F2N3O4S+. The molecule has 0 aromatic heterocycles. The van der Waals surface area contributed by atoms with E-state index in [0.717, 1.165) is 68.0 Å². The lowest BCUT2D eigenvalue weighted by Crippen LogP contribution is -3.14. The molecule has 146 valence electrons. The van der Waals surface area contributed by atoms with Gasteiger partial charge in [-0.25, -0.2) is 17.2 Å². The maximum Gasteiger partial charge on any atom is 0.240 e. The lowest BCUT2D eigenvalue weighted by molar-refractivity contribution is -0.908. The first kappa shape index (κ1) is 20.5. The number of halogens is 2. The van der Waals surface area contributed by atoms with Crippen molar-refractivity contribution in [2.45, 2.75) is 6.42 Å². The quantitative estimate of drug-likeness (QED) is 0.565. The van der Waals surface area contributed by atoms with E-state index in [4.69, 9.17) is 4.74 Å². The van der Waals surface area contributed by atoms with Gasteiger partial charge in [0.2, 0.25) is 15.9 Å². The van der Waals surface area contributed by atoms with Crippen molar-refractivity contribution in [2.24, 2.45) is 0 Å². The number of anilines is 1. The van der Waals surface area contributed by atoms with Crippen LogP contribution in [-0.2, 0) is 19.6 Å². The SMILES string of the molecule is CS(=O)(=O)N(CC(=O)NCCC[NH+]1CCOCC1)c1ccc(F)c(F)c1. The van der Waals surface area contributed by atoms with Crippen LogP contribution in [0.4, 0.5) is 14.5 Å². The van der Waals surface area contributed by atoms with Gasteiger partial charge in [-0.2, -0.15) is 0 Å². The van der Waals surface area contributed by atoms with Crippen LogP contribution >= 0.6 is 0 Å². The molecule has 1 aromatic carbocycles. The fraction of sp³-hybridized carbons (Fsp3) is 0.562. The Morgan fingerprint density at radius 3 is 2.58 bits per heavy atom. The number of sulfonamides is 1. The van der Waals surface area contributed by atoms with Gasteiger partial charge >= 0.3 is 0 Å². The summed E-state index contributed by atoms with van der Waals surface area (Å²) in [6.07, 6.45) is 1.66. The Hall–Kier alpha value is -1.78. The first-order valence-corrected chi connectivity index (χ1v) is 10.2. The number of hydrogen-bond acceptors (Lipinski definition) is 4. The third-order valence-corrected chi connectivity index (χ3v) is 5.25. The third-order valence-electron chi connectivity index (χ3n) is 4.11. The summed E-state index contributed by atoms with van der Waals surface area (Å²) in [5.74, 6) is -2.76. The van der Waals surface area contributed by atoms with Gasteiger partial charge < -0.3 is 15.0 Å². The van der Waals surface area contributed by atoms with Crippen molar-refractivity contribution in [3.05, 3.63) is 29.8 Å². The lowest BCUT2D eigenvalue weighted by atomic mass is 10.3. The van der Waals surface area contributed by atoms with Gasteiger partial charge in [0.25, 0.3) is 0 Å². The molecule has 26 heavy (non-hydrogen) atoms. The zero-order valence-corrected chi connectivity index (χ0v) is 15.4. The maximum atomic E-state index is 13.4. The van der Waals surface area contributed by atoms with Crippen molar-refractivity contribution in [1.29, 1.82) is 0 Å². The van der Waals surface area contributed by atoms with Crippen molar-refractivity contribution in [3.63, 3.8) is 0 Å². The largest absolute Gasteiger partial charge is 0.370 e. The minimum atomic E-state index is -3.82. The monoisotopic (exact) mass is 392 g/mol. The minimum Gasteiger partial charge on any atom is -0.370 e. The minimum absolute atomic E-state index is 0.0979. The Morgan fingerprint density at radius 1 is 1.27 bits per heavy atom. The molecule has 0 unspecified atom stereocenters. The van der Waals surface area contributed by atoms with E-state index in [2.05, 4.69) is 5.32 Å². The van der Waals surface area contributed by atoms with Gasteiger partial charge in [-0.05, 0) is 12.1 Å². The second kappa shape index (κ2) is 9.24. The number of nitrogens with zero attached hydrogens (tertiary/aromatic N) is 1. The van der Waals surface area contributed by atoms with Crippen molar-refractivity contribution in [3.8, 4) is 0 Å². The van der Waals surface area contributed by atoms with E-state index in [-0.39, 0.29) is 5.69 Å². The van der Waals surface area contributed by atoms with Crippen LogP contribution in [0, 0.1) is 11.6 Å². The van der Waals surface area contributed by atoms with Crippen LogP contribution in [0.1, 0.15) is 6.42 Å². The van der Waals surface area contributed by atoms with Crippen LogP contribution < -0.4 is 14.5 Å². The van der Waals surface area contributed by atoms with Gasteiger partial charge in [-0.1, -0.05) is 0 Å². The number of hydrogen-bond donors (Lipinski definition) is 2. The predicted octanol–water partition coefficient (Wildman–Crippen LogP) is -0.848. The Morgan fingerprint density at radius 2 is 1.96 bits per heavy atom. The van der Waals surface area contributed by atoms with Crippen LogP contribution in [-0.4, -0.2) is 66.5 Å². The number of benzene rings is 1. The molecule has 0 bridgehead atoms. The van der Waals surface area contributed by atoms with E-state index in [1.807, 2.05) is 0 Å². The summed E-state index contributed by atoms with van der Waals surface area (Å²) in [6, 6.07) is 2.70. The average Bonchev–Trinajstić information content (AvgIpc) is 2.59. The third kappa shape index (κ3) is 6.19. The van der Waals surface area contributed by atoms with Crippen LogP contribution in [0.5, 0.6) is 0 Å². The highest BCUT2D eigenvalue weighted by Gasteiger charge is 2.22. The summed E-state index contributed by atoms with van der Waals surface area (Å²) < 4.78 is 56.3. The topological polar surface area (TPSA) is 80.2 Å². The van der Waals surface area contributed by atoms with Crippen LogP contribution in [0.25, 0.3) is 0 Å². The molecule has 0 aliphatic carbocycles. The number of rotatable bonds is 8. The maximum absolute atomic E-state index is 13.4. The summed E-state index contributed by atoms with van der Waals surface area (Å²) in [7, 11) is -3.82. The predicted molar refractivity (Wildman–Crippen MR) is 92.6 cm³/mol. The van der Waals surface area contributed by atoms with E-state index >= 15 is 0 Å². The fourth-order valence-electron chi connectivity index (χ4n) is 2.70. The molecular weight excluding hydrogens is 368 g/mol. The second-order valence-corrected chi connectivity index (χ2v) is 8.09. The van der Waals surface area contributed by atoms with E-state index < -0.39 is 34.1 Å². The molecule has 0 radical (unpaired) electrons. The molecule has 1 amide bonds. The van der Waals surface area contributed by atoms with Crippen molar-refractivity contribution in [2.75, 3.05) is 56.5 Å². The molecule has 1 saturated heterocycles. The van der Waals surface area contributed by atoms with Crippen LogP contribution in [0.3, 0.4) is 0 Å². The van der Waals surface area contributed by atoms with Crippen molar-refractivity contribution in [1.82, 2.24) is 5.32 Å². The summed E-state index contributed by atoms with van der Waals surface area (Å²) in [4.78, 5) is 13.5. The number of carbonyl (C=O) groups is 1. The lowest BCUT2D eigenvalue weighted by Gasteiger charge is -2.24. The first-order chi connectivity index (χ1) is 12.3. The second-order valence-electron chi connectivity index (χ2n) is 6.18. The molecule has 0 spiro atoms. The normalized spacial score (nSPS) is 15.7. The summed E-state index contributed by atoms with van der Waals surface area (Å²) >= 11 is 0. The summed E-state index contributed by atoms with van der Waals surface area (Å²) in [5, 5.41) is 2.66. The van der Waals surface area contributed by atoms with Gasteiger partial charge in [-0.15, -0.1) is 0 Å². The highest BCUT2D eigenvalue weighted by molar-refractivity contribution is 7.92. The van der Waals surface area contributed by atoms with Gasteiger partial charge in [0, 0.05) is 19.0 Å². The molecule has 1 heterocycles. The molecule has 1 aliphatic rings. The van der Waals surface area contributed by atoms with E-state index in [9.17, 15) is 22.0 Å². The number of quaternary nitrogens is 1. The standard InChI is InChI=1S/C16H23F2N3O4S/c1-26(23,24)21(13-3-4-14(17)15(18)11-13)12-16(22)19-5-2-6-20-7-9-25-10-8-20/h3-4,11H,2,5-10,12H2,1H3,(H,19,22)/p+1. The molecule has 2 rings (SSSR count). The van der Waals surface area contributed by atoms with E-state index in [1.54, 1.807) is 0 Å². The van der Waals surface area contributed by atoms with Gasteiger partial charge in [0.15, 0.2) is 11.6 Å². The molecule has 1 aliphatic heterocycles. The zero-order chi connectivity index (χ0) is 19.2. The first-order valence-electron chi connectivity index (χ1n) is 8.38. The molecule has 1 aromatic rings. The van der Waals surface area contributed by atoms with Crippen LogP contribution in [0.2, 0.25) is 0 Å². The Bertz CT molecular complexity index is 724. The van der Waals surface area contributed by atoms with Crippen molar-refractivity contribution >= 4 is 21.6 Å². The van der Waals surface area contributed by atoms with E-state index in [1.165, 1.54) is 4.90 Å². The smallest absolute Gasteiger partial charge is 0.240 e. The molecule has 1 fully saturated rings. The Labute approximate surface area is 152 Å². The van der Waals surface area contributed by atoms with E-state index in [0.29, 0.717) is 6.54 Å². The summed E-state index contributed by atoms with van der Waals surface area (Å²) in [6.45, 7) is 4.16. The fourth-order valence-corrected chi connectivity index (χ4v) is 3.55. The van der Waals surface area contributed by atoms with Crippen molar-refractivity contribution < 1.29 is 31.6 Å². The highest BCUT2D eigenvalue weighted by Crippen LogP contribution is 2.20. The molecule has 7 nitrogen and oxygen atoms in total. The number of ether oxygens (including phenoxy) is 1. The summed E-state index contributed by atoms with van der Waals surface area (Å²) in [5.41, 5.74) is -0.0979. The number of amides is 1. The Kier molecular flexibility index (Phi) is 7.30. The van der Waals surface area contributed by atoms with Gasteiger partial charge in [0.05, 0.1) is 31.7 Å². The average molecular weight is 392 g/mol.